The van der Waals surface area contributed by atoms with Crippen molar-refractivity contribution in [2.45, 2.75) is 19.9 Å². The zero-order valence-corrected chi connectivity index (χ0v) is 22.0. The van der Waals surface area contributed by atoms with E-state index in [-0.39, 0.29) is 33.7 Å². The molecule has 1 aliphatic heterocycles. The molecule has 206 valence electrons. The van der Waals surface area contributed by atoms with E-state index in [4.69, 9.17) is 9.47 Å². The highest BCUT2D eigenvalue weighted by Gasteiger charge is 2.33. The Morgan fingerprint density at radius 1 is 1.23 bits per heavy atom. The average molecular weight is 567 g/mol. The molecule has 0 aliphatic carbocycles. The molecule has 0 saturated heterocycles. The summed E-state index contributed by atoms with van der Waals surface area (Å²) in [6.45, 7) is 7.23. The second-order valence-electron chi connectivity index (χ2n) is 8.39. The van der Waals surface area contributed by atoms with E-state index in [9.17, 15) is 34.9 Å². The molecule has 0 bridgehead atoms. The number of non-ortho nitro benzene ring substituents is 1. The number of nitro benzene ring substituents is 2. The van der Waals surface area contributed by atoms with E-state index in [0.717, 1.165) is 23.5 Å². The van der Waals surface area contributed by atoms with Gasteiger partial charge in [0.2, 0.25) is 5.75 Å². The molecule has 0 radical (unpaired) electrons. The van der Waals surface area contributed by atoms with E-state index in [1.807, 2.05) is 0 Å². The first-order valence-corrected chi connectivity index (χ1v) is 12.6. The Morgan fingerprint density at radius 3 is 2.52 bits per heavy atom. The number of allylic oxidation sites excluding steroid dienone is 1. The first-order chi connectivity index (χ1) is 19.1. The molecule has 2 heterocycles. The maximum absolute atomic E-state index is 13.7. The number of hydrogen-bond donors (Lipinski definition) is 1. The number of carbonyl (C=O) groups excluding carboxylic acids is 1. The molecule has 13 nitrogen and oxygen atoms in total. The summed E-state index contributed by atoms with van der Waals surface area (Å²) in [6, 6.07) is 7.34. The van der Waals surface area contributed by atoms with E-state index in [2.05, 4.69) is 11.6 Å². The Morgan fingerprint density at radius 2 is 1.93 bits per heavy atom. The van der Waals surface area contributed by atoms with Gasteiger partial charge in [-0.2, -0.15) is 0 Å². The molecule has 0 amide bonds. The molecule has 14 heteroatoms. The van der Waals surface area contributed by atoms with Gasteiger partial charge in [-0.15, -0.1) is 0 Å². The van der Waals surface area contributed by atoms with Crippen LogP contribution >= 0.6 is 11.3 Å². The highest BCUT2D eigenvalue weighted by atomic mass is 32.1. The molecule has 2 aromatic carbocycles. The van der Waals surface area contributed by atoms with Crippen LogP contribution in [0.3, 0.4) is 0 Å². The predicted octanol–water partition coefficient (Wildman–Crippen LogP) is 2.89. The highest BCUT2D eigenvalue weighted by Crippen LogP contribution is 2.35. The molecule has 4 rings (SSSR count). The number of hydrogen-bond acceptors (Lipinski definition) is 11. The molecule has 40 heavy (non-hydrogen) atoms. The van der Waals surface area contributed by atoms with Gasteiger partial charge in [0, 0.05) is 11.6 Å². The van der Waals surface area contributed by atoms with Crippen LogP contribution in [-0.2, 0) is 9.53 Å². The number of phenolic OH excluding ortho intramolecular Hbond substituents is 1. The molecule has 1 aromatic heterocycles. The van der Waals surface area contributed by atoms with E-state index >= 15 is 0 Å². The normalized spacial score (nSPS) is 14.8. The average Bonchev–Trinajstić information content (AvgIpc) is 3.21. The number of rotatable bonds is 9. The Kier molecular flexibility index (Phi) is 7.90. The zero-order chi connectivity index (χ0) is 29.1. The Balaban J connectivity index is 1.95. The van der Waals surface area contributed by atoms with Crippen molar-refractivity contribution in [2.75, 3.05) is 13.2 Å². The van der Waals surface area contributed by atoms with Crippen molar-refractivity contribution in [3.05, 3.63) is 111 Å². The lowest BCUT2D eigenvalue weighted by atomic mass is 9.96. The monoisotopic (exact) mass is 566 g/mol. The minimum absolute atomic E-state index is 0.0299. The van der Waals surface area contributed by atoms with Gasteiger partial charge in [0.05, 0.1) is 44.4 Å². The Labute approximate surface area is 229 Å². The number of phenols is 1. The summed E-state index contributed by atoms with van der Waals surface area (Å²) in [6.07, 6.45) is 2.70. The molecule has 1 atom stereocenters. The van der Waals surface area contributed by atoms with Crippen molar-refractivity contribution >= 4 is 34.8 Å². The lowest BCUT2D eigenvalue weighted by Crippen LogP contribution is -2.39. The van der Waals surface area contributed by atoms with Crippen LogP contribution in [0.15, 0.2) is 70.1 Å². The number of benzene rings is 2. The van der Waals surface area contributed by atoms with Crippen molar-refractivity contribution < 1.29 is 29.2 Å². The summed E-state index contributed by atoms with van der Waals surface area (Å²) in [5, 5.41) is 33.1. The fraction of sp³-hybridized carbons (Fsp3) is 0.192. The maximum Gasteiger partial charge on any atom is 0.338 e. The Bertz CT molecular complexity index is 1750. The fourth-order valence-electron chi connectivity index (χ4n) is 4.13. The van der Waals surface area contributed by atoms with Gasteiger partial charge in [0.15, 0.2) is 4.80 Å². The van der Waals surface area contributed by atoms with E-state index in [1.54, 1.807) is 44.2 Å². The number of esters is 1. The van der Waals surface area contributed by atoms with Gasteiger partial charge in [-0.05, 0) is 37.6 Å². The number of fused-ring (bicyclic) bond motifs is 1. The summed E-state index contributed by atoms with van der Waals surface area (Å²) < 4.78 is 12.0. The van der Waals surface area contributed by atoms with Gasteiger partial charge >= 0.3 is 11.7 Å². The van der Waals surface area contributed by atoms with Crippen LogP contribution in [-0.4, -0.2) is 38.7 Å². The molecular weight excluding hydrogens is 544 g/mol. The molecular formula is C26H22N4O9S. The zero-order valence-electron chi connectivity index (χ0n) is 21.2. The van der Waals surface area contributed by atoms with Gasteiger partial charge < -0.3 is 14.6 Å². The van der Waals surface area contributed by atoms with E-state index in [0.29, 0.717) is 23.1 Å². The number of carbonyl (C=O) groups is 1. The van der Waals surface area contributed by atoms with Crippen LogP contribution in [0.1, 0.15) is 31.0 Å². The number of nitro groups is 2. The number of thiazole rings is 1. The van der Waals surface area contributed by atoms with E-state index in [1.165, 1.54) is 4.57 Å². The van der Waals surface area contributed by atoms with Crippen molar-refractivity contribution in [3.8, 4) is 11.5 Å². The predicted molar refractivity (Wildman–Crippen MR) is 144 cm³/mol. The van der Waals surface area contributed by atoms with Crippen LogP contribution in [0.2, 0.25) is 0 Å². The third-order valence-corrected chi connectivity index (χ3v) is 6.86. The molecule has 0 fully saturated rings. The lowest BCUT2D eigenvalue weighted by Gasteiger charge is -2.24. The van der Waals surface area contributed by atoms with Crippen molar-refractivity contribution in [2.24, 2.45) is 4.99 Å². The molecule has 1 N–H and O–H groups in total. The van der Waals surface area contributed by atoms with E-state index < -0.39 is 44.5 Å². The van der Waals surface area contributed by atoms with Gasteiger partial charge in [-0.3, -0.25) is 29.6 Å². The largest absolute Gasteiger partial charge is 0.502 e. The fourth-order valence-corrected chi connectivity index (χ4v) is 5.17. The Hall–Kier alpha value is -5.11. The molecule has 0 saturated carbocycles. The van der Waals surface area contributed by atoms with Crippen LogP contribution in [0.25, 0.3) is 6.08 Å². The molecule has 3 aromatic rings. The van der Waals surface area contributed by atoms with Crippen molar-refractivity contribution in [1.82, 2.24) is 4.57 Å². The standard InChI is InChI=1S/C26H22N4O9S/c1-4-10-39-18-8-6-15(7-9-18)22-21(25(33)38-5-2)14(3)27-26-28(22)24(32)20(40-26)12-16-11-17(29(34)35)13-19(23(16)31)30(36)37/h4,6-9,11-13,22,31H,1,5,10H2,2-3H3/b20-12-/t22-/m1/s1. The molecule has 1 aliphatic rings. The van der Waals surface area contributed by atoms with Crippen LogP contribution in [0, 0.1) is 20.2 Å². The second kappa shape index (κ2) is 11.3. The minimum atomic E-state index is -0.960. The van der Waals surface area contributed by atoms with Gasteiger partial charge in [0.1, 0.15) is 12.4 Å². The van der Waals surface area contributed by atoms with Gasteiger partial charge in [-0.1, -0.05) is 36.1 Å². The third kappa shape index (κ3) is 5.24. The molecule has 0 spiro atoms. The molecule has 0 unspecified atom stereocenters. The SMILES string of the molecule is C=CCOc1ccc([C@@H]2C(C(=O)OCC)=C(C)N=c3s/c(=C\c4cc([N+](=O)[O-])cc([N+](=O)[O-])c4O)c(=O)n32)cc1. The summed E-state index contributed by atoms with van der Waals surface area (Å²) in [7, 11) is 0. The van der Waals surface area contributed by atoms with Crippen LogP contribution in [0.5, 0.6) is 11.5 Å². The third-order valence-electron chi connectivity index (χ3n) is 5.88. The van der Waals surface area contributed by atoms with Gasteiger partial charge in [-0.25, -0.2) is 9.79 Å². The smallest absolute Gasteiger partial charge is 0.338 e. The lowest BCUT2D eigenvalue weighted by molar-refractivity contribution is -0.394. The minimum Gasteiger partial charge on any atom is -0.502 e. The van der Waals surface area contributed by atoms with Crippen molar-refractivity contribution in [3.63, 3.8) is 0 Å². The number of aromatic hydroxyl groups is 1. The summed E-state index contributed by atoms with van der Waals surface area (Å²) in [5.41, 5.74) is -1.46. The quantitative estimate of drug-likeness (QED) is 0.177. The second-order valence-corrected chi connectivity index (χ2v) is 9.40. The topological polar surface area (TPSA) is 176 Å². The van der Waals surface area contributed by atoms with Crippen molar-refractivity contribution in [1.29, 1.82) is 0 Å². The number of ether oxygens (including phenoxy) is 2. The number of aromatic nitrogens is 1. The first-order valence-electron chi connectivity index (χ1n) is 11.8. The van der Waals surface area contributed by atoms with Crippen LogP contribution in [0.4, 0.5) is 11.4 Å². The highest BCUT2D eigenvalue weighted by molar-refractivity contribution is 7.07. The first kappa shape index (κ1) is 27.9. The van der Waals surface area contributed by atoms with Crippen LogP contribution < -0.4 is 19.6 Å². The maximum atomic E-state index is 13.7. The number of nitrogens with zero attached hydrogens (tertiary/aromatic N) is 4. The summed E-state index contributed by atoms with van der Waals surface area (Å²) in [5.74, 6) is -0.962. The summed E-state index contributed by atoms with van der Waals surface area (Å²) >= 11 is 0.893. The van der Waals surface area contributed by atoms with Gasteiger partial charge in [0.25, 0.3) is 11.2 Å². The summed E-state index contributed by atoms with van der Waals surface area (Å²) in [4.78, 5) is 52.3.